The van der Waals surface area contributed by atoms with Crippen LogP contribution < -0.4 is 10.1 Å². The van der Waals surface area contributed by atoms with Crippen LogP contribution in [0.1, 0.15) is 49.4 Å². The summed E-state index contributed by atoms with van der Waals surface area (Å²) in [5.74, 6) is 1.77. The molecule has 2 aromatic carbocycles. The number of thiazole rings is 1. The van der Waals surface area contributed by atoms with Gasteiger partial charge in [0, 0.05) is 22.8 Å². The van der Waals surface area contributed by atoms with Crippen molar-refractivity contribution < 1.29 is 9.21 Å². The molecule has 0 saturated carbocycles. The van der Waals surface area contributed by atoms with E-state index in [0.717, 1.165) is 11.1 Å². The molecule has 34 heavy (non-hydrogen) atoms. The molecule has 0 saturated heterocycles. The quantitative estimate of drug-likeness (QED) is 0.341. The molecule has 0 radical (unpaired) electrons. The van der Waals surface area contributed by atoms with Gasteiger partial charge in [-0.25, -0.2) is 0 Å². The second-order valence-corrected chi connectivity index (χ2v) is 10.2. The Kier molecular flexibility index (Phi) is 5.29. The number of carbonyl (C=O) groups is 1. The van der Waals surface area contributed by atoms with Crippen LogP contribution in [0.4, 0.5) is 0 Å². The summed E-state index contributed by atoms with van der Waals surface area (Å²) in [6, 6.07) is 19.0. The highest BCUT2D eigenvalue weighted by molar-refractivity contribution is 7.15. The molecule has 3 aromatic heterocycles. The molecule has 0 unspecified atom stereocenters. The van der Waals surface area contributed by atoms with Crippen LogP contribution in [-0.4, -0.2) is 20.4 Å². The first-order valence-electron chi connectivity index (χ1n) is 10.9. The molecule has 0 fully saturated rings. The number of aromatic nitrogens is 3. The van der Waals surface area contributed by atoms with Gasteiger partial charge in [0.05, 0.1) is 0 Å². The minimum atomic E-state index is -0.228. The average molecular weight is 470 g/mol. The maximum Gasteiger partial charge on any atom is 0.291 e. The van der Waals surface area contributed by atoms with Crippen LogP contribution in [0.15, 0.2) is 69.9 Å². The molecule has 170 valence electrons. The topological polar surface area (TPSA) is 77.5 Å². The first-order valence-corrected chi connectivity index (χ1v) is 11.7. The Bertz CT molecular complexity index is 1620. The minimum Gasteiger partial charge on any atom is -0.457 e. The second-order valence-electron chi connectivity index (χ2n) is 9.21. The third-order valence-corrected chi connectivity index (χ3v) is 6.63. The molecule has 0 N–H and O–H groups in total. The second kappa shape index (κ2) is 8.18. The normalized spacial score (nSPS) is 12.5. The highest BCUT2D eigenvalue weighted by Crippen LogP contribution is 2.25. The first kappa shape index (κ1) is 22.0. The zero-order chi connectivity index (χ0) is 24.0. The Balaban J connectivity index is 1.43. The molecule has 0 atom stereocenters. The highest BCUT2D eigenvalue weighted by Gasteiger charge is 2.16. The van der Waals surface area contributed by atoms with Crippen molar-refractivity contribution >= 4 is 28.2 Å². The summed E-state index contributed by atoms with van der Waals surface area (Å²) in [4.78, 5) is 29.5. The van der Waals surface area contributed by atoms with Crippen molar-refractivity contribution in [1.82, 2.24) is 14.6 Å². The smallest absolute Gasteiger partial charge is 0.291 e. The summed E-state index contributed by atoms with van der Waals surface area (Å²) < 4.78 is 7.75. The minimum absolute atomic E-state index is 0.0180. The number of carbonyl (C=O) groups excluding carboxylic acids is 1. The number of rotatable bonds is 4. The van der Waals surface area contributed by atoms with Crippen LogP contribution in [0.25, 0.3) is 33.7 Å². The zero-order valence-electron chi connectivity index (χ0n) is 19.3. The third-order valence-electron chi connectivity index (χ3n) is 5.67. The van der Waals surface area contributed by atoms with E-state index in [4.69, 9.17) is 4.42 Å². The van der Waals surface area contributed by atoms with Gasteiger partial charge in [-0.15, -0.1) is 5.10 Å². The van der Waals surface area contributed by atoms with Crippen molar-refractivity contribution in [3.63, 3.8) is 0 Å². The molecule has 0 aliphatic heterocycles. The maximum absolute atomic E-state index is 12.9. The van der Waals surface area contributed by atoms with E-state index in [1.165, 1.54) is 28.3 Å². The third kappa shape index (κ3) is 4.10. The average Bonchev–Trinajstić information content (AvgIpc) is 3.51. The number of Topliss-reactive ketones (excluding diaryl/α,β-unsaturated/α-hetero) is 1. The van der Waals surface area contributed by atoms with Gasteiger partial charge in [-0.3, -0.25) is 9.59 Å². The number of hydrogen-bond acceptors (Lipinski definition) is 6. The molecule has 0 aliphatic carbocycles. The van der Waals surface area contributed by atoms with E-state index in [9.17, 15) is 9.59 Å². The first-order chi connectivity index (χ1) is 16.2. The summed E-state index contributed by atoms with van der Waals surface area (Å²) in [5, 5.41) is 4.44. The van der Waals surface area contributed by atoms with Crippen molar-refractivity contribution in [3.05, 3.63) is 92.4 Å². The molecule has 5 rings (SSSR count). The van der Waals surface area contributed by atoms with E-state index < -0.39 is 0 Å². The van der Waals surface area contributed by atoms with Gasteiger partial charge in [0.15, 0.2) is 11.6 Å². The maximum atomic E-state index is 12.9. The van der Waals surface area contributed by atoms with Crippen molar-refractivity contribution in [2.45, 2.75) is 33.1 Å². The van der Waals surface area contributed by atoms with Crippen molar-refractivity contribution in [3.8, 4) is 22.7 Å². The van der Waals surface area contributed by atoms with Crippen molar-refractivity contribution in [1.29, 1.82) is 0 Å². The lowest BCUT2D eigenvalue weighted by atomic mass is 9.87. The largest absolute Gasteiger partial charge is 0.457 e. The Labute approximate surface area is 200 Å². The summed E-state index contributed by atoms with van der Waals surface area (Å²) in [6.07, 6.45) is 1.70. The van der Waals surface area contributed by atoms with Gasteiger partial charge < -0.3 is 4.42 Å². The number of benzene rings is 2. The van der Waals surface area contributed by atoms with Gasteiger partial charge in [0.2, 0.25) is 4.96 Å². The molecule has 0 bridgehead atoms. The molecular formula is C27H23N3O3S. The fraction of sp³-hybridized carbons (Fsp3) is 0.185. The SMILES string of the molecule is CC(=O)c1ccc(-c2ccc(/C=c3\sc4nc(-c5ccc(C(C)(C)C)cc5)nn4c3=O)o2)cc1. The summed E-state index contributed by atoms with van der Waals surface area (Å²) in [5.41, 5.74) is 3.45. The lowest BCUT2D eigenvalue weighted by Gasteiger charge is -2.18. The van der Waals surface area contributed by atoms with Gasteiger partial charge in [-0.05, 0) is 30.0 Å². The van der Waals surface area contributed by atoms with Crippen LogP contribution in [0.5, 0.6) is 0 Å². The number of ketones is 1. The van der Waals surface area contributed by atoms with E-state index in [0.29, 0.717) is 32.4 Å². The number of furan rings is 1. The number of fused-ring (bicyclic) bond motifs is 1. The van der Waals surface area contributed by atoms with E-state index in [2.05, 4.69) is 43.0 Å². The molecule has 0 spiro atoms. The summed E-state index contributed by atoms with van der Waals surface area (Å²) in [6.45, 7) is 8.04. The Morgan fingerprint density at radius 1 is 0.971 bits per heavy atom. The van der Waals surface area contributed by atoms with Crippen molar-refractivity contribution in [2.75, 3.05) is 0 Å². The molecule has 0 amide bonds. The summed E-state index contributed by atoms with van der Waals surface area (Å²) in [7, 11) is 0. The molecule has 5 aromatic rings. The van der Waals surface area contributed by atoms with Gasteiger partial charge in [0.1, 0.15) is 16.1 Å². The van der Waals surface area contributed by atoms with Crippen LogP contribution in [0.2, 0.25) is 0 Å². The monoisotopic (exact) mass is 469 g/mol. The van der Waals surface area contributed by atoms with Gasteiger partial charge in [-0.2, -0.15) is 9.50 Å². The predicted octanol–water partition coefficient (Wildman–Crippen LogP) is 5.13. The summed E-state index contributed by atoms with van der Waals surface area (Å²) >= 11 is 1.28. The van der Waals surface area contributed by atoms with Crippen molar-refractivity contribution in [2.24, 2.45) is 0 Å². The fourth-order valence-corrected chi connectivity index (χ4v) is 4.55. The predicted molar refractivity (Wildman–Crippen MR) is 134 cm³/mol. The molecule has 0 aliphatic rings. The zero-order valence-corrected chi connectivity index (χ0v) is 20.1. The van der Waals surface area contributed by atoms with Crippen LogP contribution in [-0.2, 0) is 5.41 Å². The van der Waals surface area contributed by atoms with E-state index in [-0.39, 0.29) is 16.8 Å². The van der Waals surface area contributed by atoms with Gasteiger partial charge >= 0.3 is 0 Å². The number of nitrogens with zero attached hydrogens (tertiary/aromatic N) is 3. The van der Waals surface area contributed by atoms with Crippen LogP contribution in [0, 0.1) is 0 Å². The Hall–Kier alpha value is -3.84. The lowest BCUT2D eigenvalue weighted by Crippen LogP contribution is -2.23. The van der Waals surface area contributed by atoms with Gasteiger partial charge in [-0.1, -0.05) is 80.6 Å². The van der Waals surface area contributed by atoms with Gasteiger partial charge in [0.25, 0.3) is 5.56 Å². The Morgan fingerprint density at radius 2 is 1.65 bits per heavy atom. The Morgan fingerprint density at radius 3 is 2.26 bits per heavy atom. The van der Waals surface area contributed by atoms with E-state index in [1.54, 1.807) is 18.2 Å². The molecular weight excluding hydrogens is 446 g/mol. The van der Waals surface area contributed by atoms with Crippen LogP contribution in [0.3, 0.4) is 0 Å². The fourth-order valence-electron chi connectivity index (χ4n) is 3.66. The van der Waals surface area contributed by atoms with E-state index >= 15 is 0 Å². The van der Waals surface area contributed by atoms with E-state index in [1.807, 2.05) is 36.4 Å². The molecule has 3 heterocycles. The van der Waals surface area contributed by atoms with Crippen LogP contribution >= 0.6 is 11.3 Å². The molecule has 6 nitrogen and oxygen atoms in total. The molecule has 7 heteroatoms. The lowest BCUT2D eigenvalue weighted by molar-refractivity contribution is 0.101. The number of hydrogen-bond donors (Lipinski definition) is 0. The standard InChI is InChI=1S/C27H23N3O3S/c1-16(31)17-5-7-18(8-6-17)22-14-13-21(33-22)15-23-25(32)30-26(34-23)28-24(29-30)19-9-11-20(12-10-19)27(2,3)4/h5-15H,1-4H3/b23-15-. The highest BCUT2D eigenvalue weighted by atomic mass is 32.1.